The van der Waals surface area contributed by atoms with Crippen molar-refractivity contribution in [1.82, 2.24) is 14.7 Å². The molecule has 0 radical (unpaired) electrons. The van der Waals surface area contributed by atoms with E-state index in [2.05, 4.69) is 35.9 Å². The Labute approximate surface area is 146 Å². The van der Waals surface area contributed by atoms with Crippen molar-refractivity contribution in [3.05, 3.63) is 35.9 Å². The molecule has 132 valence electrons. The lowest BCUT2D eigenvalue weighted by molar-refractivity contribution is -0.139. The van der Waals surface area contributed by atoms with Crippen molar-refractivity contribution >= 4 is 5.91 Å². The molecule has 24 heavy (non-hydrogen) atoms. The second-order valence-electron chi connectivity index (χ2n) is 7.30. The van der Waals surface area contributed by atoms with Crippen LogP contribution in [-0.4, -0.2) is 72.5 Å². The standard InChI is InChI=1S/C20H31N3O/c1-3-23(18-11-13-21(2)14-12-18)19-15-22(16-19)20(24)10-9-17-7-5-4-6-8-17/h4-8,18-19H,3,9-16H2,1-2H3. The molecule has 1 aromatic rings. The van der Waals surface area contributed by atoms with Crippen LogP contribution in [0.5, 0.6) is 0 Å². The first-order valence-corrected chi connectivity index (χ1v) is 9.43. The predicted octanol–water partition coefficient (Wildman–Crippen LogP) is 2.25. The van der Waals surface area contributed by atoms with Crippen LogP contribution in [0, 0.1) is 0 Å². The number of nitrogens with zero attached hydrogens (tertiary/aromatic N) is 3. The molecule has 1 aromatic carbocycles. The molecular formula is C20H31N3O. The van der Waals surface area contributed by atoms with E-state index < -0.39 is 0 Å². The Balaban J connectivity index is 1.43. The van der Waals surface area contributed by atoms with Gasteiger partial charge in [-0.1, -0.05) is 37.3 Å². The van der Waals surface area contributed by atoms with E-state index in [9.17, 15) is 4.79 Å². The van der Waals surface area contributed by atoms with Crippen LogP contribution in [0.15, 0.2) is 30.3 Å². The van der Waals surface area contributed by atoms with E-state index in [1.807, 2.05) is 23.1 Å². The highest BCUT2D eigenvalue weighted by Gasteiger charge is 2.37. The summed E-state index contributed by atoms with van der Waals surface area (Å²) in [6.45, 7) is 7.62. The number of hydrogen-bond acceptors (Lipinski definition) is 3. The Bertz CT molecular complexity index is 519. The quantitative estimate of drug-likeness (QED) is 0.801. The topological polar surface area (TPSA) is 26.8 Å². The number of carbonyl (C=O) groups is 1. The third kappa shape index (κ3) is 4.17. The summed E-state index contributed by atoms with van der Waals surface area (Å²) in [5.41, 5.74) is 1.25. The van der Waals surface area contributed by atoms with Crippen molar-refractivity contribution in [2.45, 2.75) is 44.7 Å². The summed E-state index contributed by atoms with van der Waals surface area (Å²) < 4.78 is 0. The summed E-state index contributed by atoms with van der Waals surface area (Å²) in [5.74, 6) is 0.314. The maximum Gasteiger partial charge on any atom is 0.223 e. The lowest BCUT2D eigenvalue weighted by Gasteiger charge is -2.49. The van der Waals surface area contributed by atoms with E-state index in [0.717, 1.165) is 26.1 Å². The Morgan fingerprint density at radius 3 is 2.42 bits per heavy atom. The van der Waals surface area contributed by atoms with Gasteiger partial charge in [-0.3, -0.25) is 9.69 Å². The Hall–Kier alpha value is -1.39. The molecule has 0 unspecified atom stereocenters. The SMILES string of the molecule is CCN(C1CCN(C)CC1)C1CN(C(=O)CCc2ccccc2)C1. The monoisotopic (exact) mass is 329 g/mol. The van der Waals surface area contributed by atoms with Gasteiger partial charge in [0.15, 0.2) is 0 Å². The minimum absolute atomic E-state index is 0.314. The lowest BCUT2D eigenvalue weighted by Crippen LogP contribution is -2.63. The summed E-state index contributed by atoms with van der Waals surface area (Å²) >= 11 is 0. The molecule has 0 saturated carbocycles. The normalized spacial score (nSPS) is 20.4. The fourth-order valence-electron chi connectivity index (χ4n) is 4.06. The van der Waals surface area contributed by atoms with Crippen LogP contribution in [-0.2, 0) is 11.2 Å². The van der Waals surface area contributed by atoms with Gasteiger partial charge in [-0.05, 0) is 51.5 Å². The van der Waals surface area contributed by atoms with Crippen LogP contribution in [0.3, 0.4) is 0 Å². The number of piperidine rings is 1. The molecule has 0 aromatic heterocycles. The molecule has 0 atom stereocenters. The summed E-state index contributed by atoms with van der Waals surface area (Å²) in [4.78, 5) is 19.5. The molecule has 0 N–H and O–H groups in total. The van der Waals surface area contributed by atoms with Crippen molar-refractivity contribution < 1.29 is 4.79 Å². The van der Waals surface area contributed by atoms with Crippen molar-refractivity contribution in [2.24, 2.45) is 0 Å². The van der Waals surface area contributed by atoms with Crippen LogP contribution >= 0.6 is 0 Å². The Kier molecular flexibility index (Phi) is 5.90. The molecule has 2 heterocycles. The fourth-order valence-corrected chi connectivity index (χ4v) is 4.06. The number of aryl methyl sites for hydroxylation is 1. The number of likely N-dealkylation sites (N-methyl/N-ethyl adjacent to an activating group) is 1. The van der Waals surface area contributed by atoms with Crippen molar-refractivity contribution in [2.75, 3.05) is 39.8 Å². The number of benzene rings is 1. The zero-order valence-corrected chi connectivity index (χ0v) is 15.2. The zero-order chi connectivity index (χ0) is 16.9. The molecule has 2 saturated heterocycles. The predicted molar refractivity (Wildman–Crippen MR) is 98.0 cm³/mol. The van der Waals surface area contributed by atoms with Crippen LogP contribution in [0.25, 0.3) is 0 Å². The highest BCUT2D eigenvalue weighted by atomic mass is 16.2. The molecule has 2 aliphatic heterocycles. The number of amides is 1. The molecule has 2 aliphatic rings. The molecule has 3 rings (SSSR count). The van der Waals surface area contributed by atoms with Gasteiger partial charge in [-0.15, -0.1) is 0 Å². The second kappa shape index (κ2) is 8.13. The minimum atomic E-state index is 0.314. The van der Waals surface area contributed by atoms with Crippen molar-refractivity contribution in [3.63, 3.8) is 0 Å². The summed E-state index contributed by atoms with van der Waals surface area (Å²) in [6.07, 6.45) is 4.02. The van der Waals surface area contributed by atoms with Crippen molar-refractivity contribution in [1.29, 1.82) is 0 Å². The van der Waals surface area contributed by atoms with E-state index >= 15 is 0 Å². The van der Waals surface area contributed by atoms with Gasteiger partial charge in [0.25, 0.3) is 0 Å². The van der Waals surface area contributed by atoms with E-state index in [4.69, 9.17) is 0 Å². The van der Waals surface area contributed by atoms with Gasteiger partial charge in [0.1, 0.15) is 0 Å². The first kappa shape index (κ1) is 17.4. The molecule has 2 fully saturated rings. The average Bonchev–Trinajstić information content (AvgIpc) is 2.57. The molecule has 4 nitrogen and oxygen atoms in total. The lowest BCUT2D eigenvalue weighted by atomic mass is 9.97. The molecule has 1 amide bonds. The van der Waals surface area contributed by atoms with Gasteiger partial charge in [0.2, 0.25) is 5.91 Å². The van der Waals surface area contributed by atoms with E-state index in [1.54, 1.807) is 0 Å². The minimum Gasteiger partial charge on any atom is -0.339 e. The van der Waals surface area contributed by atoms with E-state index in [1.165, 1.54) is 31.5 Å². The van der Waals surface area contributed by atoms with Gasteiger partial charge in [-0.25, -0.2) is 0 Å². The van der Waals surface area contributed by atoms with E-state index in [-0.39, 0.29) is 0 Å². The molecule has 0 aliphatic carbocycles. The smallest absolute Gasteiger partial charge is 0.223 e. The molecule has 0 bridgehead atoms. The maximum absolute atomic E-state index is 12.4. The molecule has 4 heteroatoms. The number of likely N-dealkylation sites (tertiary alicyclic amines) is 2. The van der Waals surface area contributed by atoms with E-state index in [0.29, 0.717) is 24.4 Å². The zero-order valence-electron chi connectivity index (χ0n) is 15.2. The summed E-state index contributed by atoms with van der Waals surface area (Å²) in [5, 5.41) is 0. The number of rotatable bonds is 6. The summed E-state index contributed by atoms with van der Waals surface area (Å²) in [7, 11) is 2.21. The Morgan fingerprint density at radius 2 is 1.79 bits per heavy atom. The first-order valence-electron chi connectivity index (χ1n) is 9.43. The number of hydrogen-bond donors (Lipinski definition) is 0. The van der Waals surface area contributed by atoms with Gasteiger partial charge in [0.05, 0.1) is 0 Å². The van der Waals surface area contributed by atoms with Gasteiger partial charge in [0, 0.05) is 31.6 Å². The maximum atomic E-state index is 12.4. The van der Waals surface area contributed by atoms with Crippen LogP contribution in [0.4, 0.5) is 0 Å². The van der Waals surface area contributed by atoms with Crippen LogP contribution < -0.4 is 0 Å². The Morgan fingerprint density at radius 1 is 1.12 bits per heavy atom. The molecule has 0 spiro atoms. The third-order valence-corrected chi connectivity index (χ3v) is 5.68. The second-order valence-corrected chi connectivity index (χ2v) is 7.30. The van der Waals surface area contributed by atoms with Gasteiger partial charge < -0.3 is 9.80 Å². The molecular weight excluding hydrogens is 298 g/mol. The fraction of sp³-hybridized carbons (Fsp3) is 0.650. The van der Waals surface area contributed by atoms with Crippen molar-refractivity contribution in [3.8, 4) is 0 Å². The summed E-state index contributed by atoms with van der Waals surface area (Å²) in [6, 6.07) is 11.6. The third-order valence-electron chi connectivity index (χ3n) is 5.68. The van der Waals surface area contributed by atoms with Gasteiger partial charge in [-0.2, -0.15) is 0 Å². The number of carbonyl (C=O) groups excluding carboxylic acids is 1. The average molecular weight is 329 g/mol. The van der Waals surface area contributed by atoms with Crippen LogP contribution in [0.1, 0.15) is 31.7 Å². The first-order chi connectivity index (χ1) is 11.7. The largest absolute Gasteiger partial charge is 0.339 e. The highest BCUT2D eigenvalue weighted by Crippen LogP contribution is 2.23. The van der Waals surface area contributed by atoms with Gasteiger partial charge >= 0.3 is 0 Å². The highest BCUT2D eigenvalue weighted by molar-refractivity contribution is 5.77. The van der Waals surface area contributed by atoms with Crippen LogP contribution in [0.2, 0.25) is 0 Å².